The second-order valence-corrected chi connectivity index (χ2v) is 32.6. The Morgan fingerprint density at radius 3 is 0.776 bits per heavy atom. The van der Waals surface area contributed by atoms with E-state index in [0.717, 1.165) is 114 Å². The summed E-state index contributed by atoms with van der Waals surface area (Å²) in [5.41, 5.74) is 0. The van der Waals surface area contributed by atoms with Crippen molar-refractivity contribution in [1.29, 1.82) is 0 Å². The van der Waals surface area contributed by atoms with E-state index in [0.29, 0.717) is 25.7 Å². The number of rotatable bonds is 77. The van der Waals surface area contributed by atoms with Gasteiger partial charge in [-0.3, -0.25) is 37.3 Å². The number of hydrogen-bond acceptors (Lipinski definition) is 15. The van der Waals surface area contributed by atoms with E-state index in [4.69, 9.17) is 37.0 Å². The Bertz CT molecular complexity index is 1910. The van der Waals surface area contributed by atoms with Gasteiger partial charge in [-0.05, 0) is 43.4 Å². The summed E-state index contributed by atoms with van der Waals surface area (Å²) in [5, 5.41) is 10.6. The van der Waals surface area contributed by atoms with Crippen molar-refractivity contribution in [2.24, 2.45) is 17.8 Å². The smallest absolute Gasteiger partial charge is 0.462 e. The van der Waals surface area contributed by atoms with Crippen LogP contribution in [0.4, 0.5) is 0 Å². The molecule has 0 aromatic carbocycles. The number of ether oxygens (including phenoxy) is 4. The zero-order valence-corrected chi connectivity index (χ0v) is 66.0. The van der Waals surface area contributed by atoms with Crippen molar-refractivity contribution in [3.8, 4) is 0 Å². The topological polar surface area (TPSA) is 237 Å². The molecule has 0 aliphatic rings. The van der Waals surface area contributed by atoms with E-state index in [1.807, 2.05) is 0 Å². The quantitative estimate of drug-likeness (QED) is 0.0222. The summed E-state index contributed by atoms with van der Waals surface area (Å²) in [5.74, 6) is 0.209. The molecular formula is C79H154O17P2. The van der Waals surface area contributed by atoms with E-state index in [-0.39, 0.29) is 25.7 Å². The average Bonchev–Trinajstić information content (AvgIpc) is 1.01. The molecule has 3 N–H and O–H groups in total. The predicted molar refractivity (Wildman–Crippen MR) is 400 cm³/mol. The molecule has 0 aliphatic heterocycles. The first-order valence-corrected chi connectivity index (χ1v) is 43.9. The van der Waals surface area contributed by atoms with E-state index in [2.05, 4.69) is 48.5 Å². The number of phosphoric acid groups is 2. The maximum Gasteiger partial charge on any atom is 0.472 e. The van der Waals surface area contributed by atoms with Gasteiger partial charge >= 0.3 is 39.5 Å². The predicted octanol–water partition coefficient (Wildman–Crippen LogP) is 23.4. The van der Waals surface area contributed by atoms with Crippen LogP contribution >= 0.6 is 15.6 Å². The molecule has 0 saturated heterocycles. The molecule has 582 valence electrons. The fraction of sp³-hybridized carbons (Fsp3) is 0.949. The second-order valence-electron chi connectivity index (χ2n) is 29.6. The fourth-order valence-electron chi connectivity index (χ4n) is 12.1. The van der Waals surface area contributed by atoms with Gasteiger partial charge in [0.15, 0.2) is 12.2 Å². The third-order valence-electron chi connectivity index (χ3n) is 18.7. The monoisotopic (exact) mass is 1440 g/mol. The first-order chi connectivity index (χ1) is 47.3. The van der Waals surface area contributed by atoms with Crippen LogP contribution in [-0.2, 0) is 65.4 Å². The minimum atomic E-state index is -4.96. The molecule has 0 aliphatic carbocycles. The van der Waals surface area contributed by atoms with Crippen molar-refractivity contribution < 1.29 is 80.2 Å². The lowest BCUT2D eigenvalue weighted by molar-refractivity contribution is -0.161. The molecule has 0 saturated carbocycles. The lowest BCUT2D eigenvalue weighted by Crippen LogP contribution is -2.30. The Labute approximate surface area is 600 Å². The molecular weight excluding hydrogens is 1280 g/mol. The SMILES string of the molecule is CCCCCCCCCCCCCCCCC(=O)O[C@H](COC(=O)CCCCCCCCC(C)CC)COP(=O)(O)OC[C@H](O)COP(=O)(O)OC[C@@H](COC(=O)CCCCCCCCCCCCCCC(C)C)OC(=O)CCCCCCCCCCCCCCCCCCC(C)C. The van der Waals surface area contributed by atoms with Gasteiger partial charge < -0.3 is 33.8 Å². The van der Waals surface area contributed by atoms with E-state index >= 15 is 0 Å². The highest BCUT2D eigenvalue weighted by Gasteiger charge is 2.30. The van der Waals surface area contributed by atoms with Gasteiger partial charge in [-0.1, -0.05) is 357 Å². The number of unbranched alkanes of at least 4 members (excludes halogenated alkanes) is 44. The van der Waals surface area contributed by atoms with Crippen molar-refractivity contribution in [3.63, 3.8) is 0 Å². The van der Waals surface area contributed by atoms with Crippen LogP contribution in [0.1, 0.15) is 408 Å². The Hall–Kier alpha value is -1.94. The highest BCUT2D eigenvalue weighted by Crippen LogP contribution is 2.45. The number of carbonyl (C=O) groups is 4. The molecule has 3 unspecified atom stereocenters. The van der Waals surface area contributed by atoms with Crippen molar-refractivity contribution in [3.05, 3.63) is 0 Å². The lowest BCUT2D eigenvalue weighted by atomic mass is 10.00. The van der Waals surface area contributed by atoms with Gasteiger partial charge in [0, 0.05) is 25.7 Å². The molecule has 17 nitrogen and oxygen atoms in total. The summed E-state index contributed by atoms with van der Waals surface area (Å²) in [7, 11) is -9.92. The van der Waals surface area contributed by atoms with Gasteiger partial charge in [0.05, 0.1) is 26.4 Å². The molecule has 0 rings (SSSR count). The van der Waals surface area contributed by atoms with Crippen LogP contribution in [0.2, 0.25) is 0 Å². The molecule has 98 heavy (non-hydrogen) atoms. The van der Waals surface area contributed by atoms with Gasteiger partial charge in [-0.25, -0.2) is 9.13 Å². The third kappa shape index (κ3) is 71.1. The van der Waals surface area contributed by atoms with E-state index < -0.39 is 97.5 Å². The molecule has 0 bridgehead atoms. The molecule has 0 aromatic rings. The van der Waals surface area contributed by atoms with Crippen LogP contribution in [0.15, 0.2) is 0 Å². The Kier molecular flexibility index (Phi) is 68.1. The normalized spacial score (nSPS) is 14.3. The maximum atomic E-state index is 13.1. The fourth-order valence-corrected chi connectivity index (χ4v) is 13.7. The summed E-state index contributed by atoms with van der Waals surface area (Å²) < 4.78 is 68.6. The summed E-state index contributed by atoms with van der Waals surface area (Å²) in [6.45, 7) is 11.9. The molecule has 0 fully saturated rings. The Morgan fingerprint density at radius 2 is 0.520 bits per heavy atom. The maximum absolute atomic E-state index is 13.1. The van der Waals surface area contributed by atoms with Crippen molar-refractivity contribution in [2.75, 3.05) is 39.6 Å². The molecule has 0 amide bonds. The van der Waals surface area contributed by atoms with Crippen molar-refractivity contribution in [1.82, 2.24) is 0 Å². The second kappa shape index (κ2) is 69.4. The van der Waals surface area contributed by atoms with Crippen LogP contribution in [0.25, 0.3) is 0 Å². The van der Waals surface area contributed by atoms with Crippen LogP contribution in [0.3, 0.4) is 0 Å². The van der Waals surface area contributed by atoms with Crippen LogP contribution in [0.5, 0.6) is 0 Å². The zero-order valence-electron chi connectivity index (χ0n) is 64.3. The largest absolute Gasteiger partial charge is 0.472 e. The Morgan fingerprint density at radius 1 is 0.296 bits per heavy atom. The van der Waals surface area contributed by atoms with E-state index in [1.54, 1.807) is 0 Å². The van der Waals surface area contributed by atoms with Crippen LogP contribution in [-0.4, -0.2) is 96.7 Å². The van der Waals surface area contributed by atoms with E-state index in [1.165, 1.54) is 212 Å². The molecule has 6 atom stereocenters. The minimum Gasteiger partial charge on any atom is -0.462 e. The molecule has 0 radical (unpaired) electrons. The number of carbonyl (C=O) groups excluding carboxylic acids is 4. The molecule has 19 heteroatoms. The van der Waals surface area contributed by atoms with Gasteiger partial charge in [0.1, 0.15) is 19.3 Å². The van der Waals surface area contributed by atoms with Gasteiger partial charge in [0.2, 0.25) is 0 Å². The van der Waals surface area contributed by atoms with Gasteiger partial charge in [-0.15, -0.1) is 0 Å². The summed E-state index contributed by atoms with van der Waals surface area (Å²) in [6.07, 6.45) is 56.8. The standard InChI is InChI=1S/C79H154O17P2/c1-8-10-11-12-13-14-15-16-22-29-34-39-48-55-62-79(84)96-75(67-90-77(82)61-54-47-42-41-45-52-59-72(7)9-2)69-94-98(87,88)92-65-73(80)64-91-97(85,86)93-68-74(66-89-76(81)60-53-46-38-33-28-25-24-27-32-37-44-51-58-71(5)6)95-78(83)63-56-49-40-35-30-23-20-18-17-19-21-26-31-36-43-50-57-70(3)4/h70-75,80H,8-69H2,1-7H3,(H,85,86)(H,87,88)/t72?,73-,74-,75-/m1/s1. The summed E-state index contributed by atoms with van der Waals surface area (Å²) >= 11 is 0. The van der Waals surface area contributed by atoms with Crippen molar-refractivity contribution in [2.45, 2.75) is 426 Å². The number of aliphatic hydroxyl groups excluding tert-OH is 1. The third-order valence-corrected chi connectivity index (χ3v) is 20.6. The lowest BCUT2D eigenvalue weighted by Gasteiger charge is -2.21. The molecule has 0 aromatic heterocycles. The number of aliphatic hydroxyl groups is 1. The first-order valence-electron chi connectivity index (χ1n) is 40.9. The Balaban J connectivity index is 5.25. The number of hydrogen-bond donors (Lipinski definition) is 3. The summed E-state index contributed by atoms with van der Waals surface area (Å²) in [6, 6.07) is 0. The summed E-state index contributed by atoms with van der Waals surface area (Å²) in [4.78, 5) is 72.9. The van der Waals surface area contributed by atoms with Gasteiger partial charge in [0.25, 0.3) is 0 Å². The number of phosphoric ester groups is 2. The highest BCUT2D eigenvalue weighted by molar-refractivity contribution is 7.47. The van der Waals surface area contributed by atoms with Gasteiger partial charge in [-0.2, -0.15) is 0 Å². The van der Waals surface area contributed by atoms with E-state index in [9.17, 15) is 43.2 Å². The highest BCUT2D eigenvalue weighted by atomic mass is 31.2. The van der Waals surface area contributed by atoms with Crippen LogP contribution in [0, 0.1) is 17.8 Å². The molecule has 0 spiro atoms. The average molecular weight is 1440 g/mol. The molecule has 0 heterocycles. The minimum absolute atomic E-state index is 0.107. The zero-order chi connectivity index (χ0) is 72.3. The van der Waals surface area contributed by atoms with Crippen molar-refractivity contribution >= 4 is 39.5 Å². The van der Waals surface area contributed by atoms with Crippen LogP contribution < -0.4 is 0 Å². The first kappa shape index (κ1) is 96.1. The number of esters is 4.